The van der Waals surface area contributed by atoms with Crippen LogP contribution in [-0.4, -0.2) is 49.3 Å². The van der Waals surface area contributed by atoms with Crippen molar-refractivity contribution in [2.75, 3.05) is 19.0 Å². The molecule has 0 bridgehead atoms. The van der Waals surface area contributed by atoms with Gasteiger partial charge in [-0.3, -0.25) is 0 Å². The maximum atomic E-state index is 5.11. The lowest BCUT2D eigenvalue weighted by Gasteiger charge is -2.12. The number of H-pyrrole nitrogens is 1. The Balaban J connectivity index is 1.69. The third-order valence-electron chi connectivity index (χ3n) is 3.76. The fraction of sp³-hybridized carbons (Fsp3) is 0.250. The number of hydrogen-bond acceptors (Lipinski definition) is 6. The minimum atomic E-state index is 0.132. The predicted octanol–water partition coefficient (Wildman–Crippen LogP) is 2.11. The highest BCUT2D eigenvalue weighted by atomic mass is 16.5. The number of nitrogens with zero attached hydrogens (tertiary/aromatic N) is 5. The van der Waals surface area contributed by atoms with Crippen LogP contribution >= 0.6 is 0 Å². The van der Waals surface area contributed by atoms with E-state index in [1.54, 1.807) is 24.0 Å². The summed E-state index contributed by atoms with van der Waals surface area (Å²) in [7, 11) is 1.67. The van der Waals surface area contributed by atoms with Gasteiger partial charge in [0.25, 0.3) is 0 Å². The number of methoxy groups -OCH3 is 1. The van der Waals surface area contributed by atoms with Crippen LogP contribution in [0.2, 0.25) is 0 Å². The van der Waals surface area contributed by atoms with E-state index >= 15 is 0 Å². The molecule has 2 N–H and O–H groups in total. The lowest BCUT2D eigenvalue weighted by Crippen LogP contribution is -2.22. The van der Waals surface area contributed by atoms with Crippen molar-refractivity contribution in [3.63, 3.8) is 0 Å². The topological polar surface area (TPSA) is 93.0 Å². The van der Waals surface area contributed by atoms with Crippen LogP contribution in [-0.2, 0) is 4.74 Å². The molecule has 0 aromatic carbocycles. The van der Waals surface area contributed by atoms with Crippen molar-refractivity contribution in [3.05, 3.63) is 36.9 Å². The molecule has 0 aliphatic carbocycles. The molecule has 24 heavy (non-hydrogen) atoms. The Kier molecular flexibility index (Phi) is 3.58. The fourth-order valence-corrected chi connectivity index (χ4v) is 2.66. The Bertz CT molecular complexity index is 990. The van der Waals surface area contributed by atoms with Crippen LogP contribution in [0.4, 0.5) is 5.95 Å². The largest absolute Gasteiger partial charge is 0.383 e. The average molecular weight is 323 g/mol. The predicted molar refractivity (Wildman–Crippen MR) is 90.8 cm³/mol. The highest BCUT2D eigenvalue weighted by molar-refractivity contribution is 5.92. The van der Waals surface area contributed by atoms with Gasteiger partial charge in [-0.05, 0) is 13.0 Å². The summed E-state index contributed by atoms with van der Waals surface area (Å²) >= 11 is 0. The lowest BCUT2D eigenvalue weighted by molar-refractivity contribution is 0.190. The zero-order chi connectivity index (χ0) is 16.5. The van der Waals surface area contributed by atoms with Gasteiger partial charge in [0.15, 0.2) is 5.65 Å². The van der Waals surface area contributed by atoms with Crippen molar-refractivity contribution in [1.82, 2.24) is 29.5 Å². The molecule has 0 spiro atoms. The molecular weight excluding hydrogens is 306 g/mol. The molecule has 0 aliphatic heterocycles. The van der Waals surface area contributed by atoms with Crippen LogP contribution in [0.25, 0.3) is 27.9 Å². The molecule has 1 atom stereocenters. The quantitative estimate of drug-likeness (QED) is 0.584. The molecule has 4 rings (SSSR count). The van der Waals surface area contributed by atoms with E-state index in [1.807, 2.05) is 31.5 Å². The molecule has 0 fully saturated rings. The van der Waals surface area contributed by atoms with E-state index in [-0.39, 0.29) is 6.04 Å². The summed E-state index contributed by atoms with van der Waals surface area (Å²) in [5, 5.41) is 8.30. The standard InChI is InChI=1S/C16H17N7O/c1-10(9-24-2)20-16-18-8-12-11(7-17-15(12)22-16)13-4-6-23-14(21-13)3-5-19-23/h3-8,10H,9H2,1-2H3,(H2,17,18,20,22)/t10-/m0/s1. The maximum Gasteiger partial charge on any atom is 0.224 e. The molecule has 0 aliphatic rings. The van der Waals surface area contributed by atoms with Crippen molar-refractivity contribution >= 4 is 22.6 Å². The molecule has 0 radical (unpaired) electrons. The van der Waals surface area contributed by atoms with Gasteiger partial charge < -0.3 is 15.0 Å². The Hall–Kier alpha value is -3.00. The van der Waals surface area contributed by atoms with Crippen molar-refractivity contribution < 1.29 is 4.74 Å². The second kappa shape index (κ2) is 5.89. The second-order valence-corrected chi connectivity index (χ2v) is 5.61. The Morgan fingerprint density at radius 1 is 1.33 bits per heavy atom. The SMILES string of the molecule is COC[C@H](C)Nc1ncc2c(-c3ccn4nccc4n3)c[nH]c2n1. The maximum absolute atomic E-state index is 5.11. The van der Waals surface area contributed by atoms with E-state index in [4.69, 9.17) is 4.74 Å². The van der Waals surface area contributed by atoms with Crippen LogP contribution in [0, 0.1) is 0 Å². The first-order valence-corrected chi connectivity index (χ1v) is 7.65. The summed E-state index contributed by atoms with van der Waals surface area (Å²) in [6.45, 7) is 2.61. The molecule has 8 heteroatoms. The third-order valence-corrected chi connectivity index (χ3v) is 3.76. The van der Waals surface area contributed by atoms with Crippen molar-refractivity contribution in [2.45, 2.75) is 13.0 Å². The van der Waals surface area contributed by atoms with Crippen LogP contribution in [0.15, 0.2) is 36.9 Å². The van der Waals surface area contributed by atoms with Gasteiger partial charge >= 0.3 is 0 Å². The average Bonchev–Trinajstić information content (AvgIpc) is 3.20. The number of aromatic amines is 1. The number of ether oxygens (including phenoxy) is 1. The summed E-state index contributed by atoms with van der Waals surface area (Å²) in [4.78, 5) is 16.7. The molecule has 0 saturated carbocycles. The second-order valence-electron chi connectivity index (χ2n) is 5.61. The molecule has 4 aromatic rings. The van der Waals surface area contributed by atoms with Gasteiger partial charge in [0, 0.05) is 48.8 Å². The first kappa shape index (κ1) is 14.6. The number of fused-ring (bicyclic) bond motifs is 2. The zero-order valence-corrected chi connectivity index (χ0v) is 13.4. The summed E-state index contributed by atoms with van der Waals surface area (Å²) in [5.74, 6) is 0.569. The monoisotopic (exact) mass is 323 g/mol. The zero-order valence-electron chi connectivity index (χ0n) is 13.4. The fourth-order valence-electron chi connectivity index (χ4n) is 2.66. The molecule has 4 heterocycles. The van der Waals surface area contributed by atoms with Gasteiger partial charge in [0.1, 0.15) is 5.65 Å². The molecule has 8 nitrogen and oxygen atoms in total. The number of aromatic nitrogens is 6. The van der Waals surface area contributed by atoms with Crippen molar-refractivity contribution in [1.29, 1.82) is 0 Å². The van der Waals surface area contributed by atoms with E-state index in [9.17, 15) is 0 Å². The highest BCUT2D eigenvalue weighted by Crippen LogP contribution is 2.26. The Labute approximate surface area is 137 Å². The lowest BCUT2D eigenvalue weighted by atomic mass is 10.2. The highest BCUT2D eigenvalue weighted by Gasteiger charge is 2.12. The summed E-state index contributed by atoms with van der Waals surface area (Å²) in [6.07, 6.45) is 7.32. The minimum Gasteiger partial charge on any atom is -0.383 e. The minimum absolute atomic E-state index is 0.132. The van der Waals surface area contributed by atoms with E-state index < -0.39 is 0 Å². The van der Waals surface area contributed by atoms with Crippen LogP contribution in [0.5, 0.6) is 0 Å². The van der Waals surface area contributed by atoms with Crippen molar-refractivity contribution in [3.8, 4) is 11.3 Å². The van der Waals surface area contributed by atoms with Crippen molar-refractivity contribution in [2.24, 2.45) is 0 Å². The first-order chi connectivity index (χ1) is 11.7. The number of rotatable bonds is 5. The number of anilines is 1. The number of nitrogens with one attached hydrogen (secondary N) is 2. The Morgan fingerprint density at radius 2 is 2.25 bits per heavy atom. The van der Waals surface area contributed by atoms with Gasteiger partial charge in [0.05, 0.1) is 18.5 Å². The van der Waals surface area contributed by atoms with Crippen LogP contribution in [0.3, 0.4) is 0 Å². The third kappa shape index (κ3) is 2.56. The summed E-state index contributed by atoms with van der Waals surface area (Å²) in [5.41, 5.74) is 3.38. The van der Waals surface area contributed by atoms with E-state index in [2.05, 4.69) is 30.4 Å². The summed E-state index contributed by atoms with van der Waals surface area (Å²) in [6, 6.07) is 3.93. The first-order valence-electron chi connectivity index (χ1n) is 7.65. The van der Waals surface area contributed by atoms with E-state index in [1.165, 1.54) is 0 Å². The van der Waals surface area contributed by atoms with Gasteiger partial charge in [-0.1, -0.05) is 0 Å². The van der Waals surface area contributed by atoms with Gasteiger partial charge in [-0.15, -0.1) is 0 Å². The molecule has 122 valence electrons. The smallest absolute Gasteiger partial charge is 0.224 e. The van der Waals surface area contributed by atoms with Gasteiger partial charge in [-0.2, -0.15) is 10.1 Å². The van der Waals surface area contributed by atoms with Crippen LogP contribution < -0.4 is 5.32 Å². The molecular formula is C16H17N7O. The molecule has 0 amide bonds. The van der Waals surface area contributed by atoms with E-state index in [0.717, 1.165) is 27.9 Å². The molecule has 4 aromatic heterocycles. The molecule has 0 unspecified atom stereocenters. The van der Waals surface area contributed by atoms with Gasteiger partial charge in [-0.25, -0.2) is 14.5 Å². The summed E-state index contributed by atoms with van der Waals surface area (Å²) < 4.78 is 6.84. The van der Waals surface area contributed by atoms with E-state index in [0.29, 0.717) is 12.6 Å². The molecule has 0 saturated heterocycles. The van der Waals surface area contributed by atoms with Gasteiger partial charge in [0.2, 0.25) is 5.95 Å². The Morgan fingerprint density at radius 3 is 3.12 bits per heavy atom. The van der Waals surface area contributed by atoms with Crippen LogP contribution in [0.1, 0.15) is 6.92 Å². The number of hydrogen-bond donors (Lipinski definition) is 2. The normalized spacial score (nSPS) is 12.8.